The summed E-state index contributed by atoms with van der Waals surface area (Å²) in [4.78, 5) is 33.7. The predicted octanol–water partition coefficient (Wildman–Crippen LogP) is 3.26. The number of rotatable bonds is 6. The van der Waals surface area contributed by atoms with Crippen LogP contribution in [0.15, 0.2) is 64.4 Å². The standard InChI is InChI=1S/C28H28N8O4S/c1-17-7-6-8-23(19(17)3)35-25-22(16-29-35)27(38)32-28(31-25)36-24(15-18(2)33-36)30-26(37)20-9-11-21(12-10-20)41(39,40)34-13-4-5-14-34/h6-12,15-16H,4-5,13-14H2,1-3H3,(H,30,37)(H,31,32,38). The van der Waals surface area contributed by atoms with Crippen molar-refractivity contribution in [1.29, 1.82) is 0 Å². The van der Waals surface area contributed by atoms with Gasteiger partial charge in [0.25, 0.3) is 11.5 Å². The molecule has 0 atom stereocenters. The summed E-state index contributed by atoms with van der Waals surface area (Å²) in [6.45, 7) is 6.73. The maximum atomic E-state index is 13.2. The maximum absolute atomic E-state index is 13.2. The Hall–Kier alpha value is -4.62. The summed E-state index contributed by atoms with van der Waals surface area (Å²) in [6.07, 6.45) is 3.15. The maximum Gasteiger partial charge on any atom is 0.263 e. The highest BCUT2D eigenvalue weighted by Gasteiger charge is 2.27. The van der Waals surface area contributed by atoms with E-state index in [1.54, 1.807) is 17.7 Å². The van der Waals surface area contributed by atoms with E-state index < -0.39 is 21.5 Å². The van der Waals surface area contributed by atoms with E-state index in [0.717, 1.165) is 29.7 Å². The highest BCUT2D eigenvalue weighted by Crippen LogP contribution is 2.23. The van der Waals surface area contributed by atoms with Gasteiger partial charge in [-0.1, -0.05) is 12.1 Å². The van der Waals surface area contributed by atoms with Gasteiger partial charge in [-0.25, -0.2) is 13.1 Å². The molecule has 2 aromatic carbocycles. The first-order valence-corrected chi connectivity index (χ1v) is 14.6. The second-order valence-electron chi connectivity index (χ2n) is 10.1. The van der Waals surface area contributed by atoms with Gasteiger partial charge in [0.15, 0.2) is 5.65 Å². The first kappa shape index (κ1) is 26.6. The number of amides is 1. The molecule has 2 N–H and O–H groups in total. The van der Waals surface area contributed by atoms with Crippen LogP contribution in [0.25, 0.3) is 22.7 Å². The number of fused-ring (bicyclic) bond motifs is 1. The van der Waals surface area contributed by atoms with Crippen molar-refractivity contribution in [1.82, 2.24) is 33.8 Å². The zero-order chi connectivity index (χ0) is 28.9. The third kappa shape index (κ3) is 4.72. The number of nitrogens with zero attached hydrogens (tertiary/aromatic N) is 6. The molecule has 1 fully saturated rings. The van der Waals surface area contributed by atoms with Crippen molar-refractivity contribution in [2.75, 3.05) is 18.4 Å². The zero-order valence-corrected chi connectivity index (χ0v) is 23.6. The number of carbonyl (C=O) groups is 1. The SMILES string of the molecule is Cc1cc(NC(=O)c2ccc(S(=O)(=O)N3CCCC3)cc2)n(-c2nc3c(cnn3-c3cccc(C)c3C)c(=O)[nH]2)n1. The van der Waals surface area contributed by atoms with Gasteiger partial charge in [0.1, 0.15) is 11.2 Å². The Balaban J connectivity index is 1.32. The van der Waals surface area contributed by atoms with Gasteiger partial charge in [0.2, 0.25) is 16.0 Å². The summed E-state index contributed by atoms with van der Waals surface area (Å²) < 4.78 is 30.1. The van der Waals surface area contributed by atoms with Crippen molar-refractivity contribution >= 4 is 32.8 Å². The molecule has 1 saturated heterocycles. The van der Waals surface area contributed by atoms with Gasteiger partial charge in [0.05, 0.1) is 22.5 Å². The second-order valence-corrected chi connectivity index (χ2v) is 12.0. The molecule has 0 unspecified atom stereocenters. The lowest BCUT2D eigenvalue weighted by Gasteiger charge is -2.15. The van der Waals surface area contributed by atoms with Crippen molar-refractivity contribution in [2.24, 2.45) is 0 Å². The van der Waals surface area contributed by atoms with Crippen LogP contribution in [-0.2, 0) is 10.0 Å². The second kappa shape index (κ2) is 10.1. The highest BCUT2D eigenvalue weighted by molar-refractivity contribution is 7.89. The van der Waals surface area contributed by atoms with Crippen LogP contribution < -0.4 is 10.9 Å². The number of hydrogen-bond acceptors (Lipinski definition) is 7. The van der Waals surface area contributed by atoms with Gasteiger partial charge >= 0.3 is 0 Å². The molecule has 1 aliphatic heterocycles. The summed E-state index contributed by atoms with van der Waals surface area (Å²) in [5.74, 6) is -0.0910. The van der Waals surface area contributed by atoms with Crippen molar-refractivity contribution in [3.8, 4) is 11.6 Å². The van der Waals surface area contributed by atoms with Crippen LogP contribution in [0, 0.1) is 20.8 Å². The topological polar surface area (TPSA) is 148 Å². The normalized spacial score (nSPS) is 14.1. The number of benzene rings is 2. The van der Waals surface area contributed by atoms with Crippen LogP contribution in [0.3, 0.4) is 0 Å². The number of H-pyrrole nitrogens is 1. The minimum atomic E-state index is -3.59. The summed E-state index contributed by atoms with van der Waals surface area (Å²) in [5.41, 5.74) is 3.66. The molecule has 1 aliphatic rings. The Morgan fingerprint density at radius 2 is 1.73 bits per heavy atom. The van der Waals surface area contributed by atoms with Crippen LogP contribution >= 0.6 is 0 Å². The third-order valence-electron chi connectivity index (χ3n) is 7.32. The minimum absolute atomic E-state index is 0.102. The Morgan fingerprint density at radius 1 is 1.00 bits per heavy atom. The van der Waals surface area contributed by atoms with E-state index >= 15 is 0 Å². The minimum Gasteiger partial charge on any atom is -0.306 e. The fourth-order valence-corrected chi connectivity index (χ4v) is 6.46. The van der Waals surface area contributed by atoms with E-state index in [1.165, 1.54) is 39.4 Å². The molecule has 0 spiro atoms. The summed E-state index contributed by atoms with van der Waals surface area (Å²) >= 11 is 0. The smallest absolute Gasteiger partial charge is 0.263 e. The monoisotopic (exact) mass is 572 g/mol. The van der Waals surface area contributed by atoms with Gasteiger partial charge < -0.3 is 5.32 Å². The van der Waals surface area contributed by atoms with E-state index in [1.807, 2.05) is 32.0 Å². The molecule has 12 nitrogen and oxygen atoms in total. The number of carbonyl (C=O) groups excluding carboxylic acids is 1. The average Bonchev–Trinajstić information content (AvgIpc) is 3.71. The van der Waals surface area contributed by atoms with Crippen molar-refractivity contribution in [2.45, 2.75) is 38.5 Å². The van der Waals surface area contributed by atoms with Crippen molar-refractivity contribution in [3.63, 3.8) is 0 Å². The van der Waals surface area contributed by atoms with E-state index in [2.05, 4.69) is 25.5 Å². The number of aryl methyl sites for hydroxylation is 2. The number of anilines is 1. The third-order valence-corrected chi connectivity index (χ3v) is 9.24. The molecule has 0 saturated carbocycles. The fourth-order valence-electron chi connectivity index (χ4n) is 4.94. The van der Waals surface area contributed by atoms with Gasteiger partial charge in [-0.15, -0.1) is 0 Å². The Bertz CT molecular complexity index is 1970. The number of sulfonamides is 1. The molecule has 0 bridgehead atoms. The summed E-state index contributed by atoms with van der Waals surface area (Å²) in [6, 6.07) is 13.3. The molecule has 0 radical (unpaired) electrons. The zero-order valence-electron chi connectivity index (χ0n) is 22.7. The molecular formula is C28H28N8O4S. The lowest BCUT2D eigenvalue weighted by molar-refractivity contribution is 0.102. The number of nitrogens with one attached hydrogen (secondary N) is 2. The Kier molecular flexibility index (Phi) is 6.54. The molecule has 5 aromatic rings. The van der Waals surface area contributed by atoms with Gasteiger partial charge in [0, 0.05) is 24.7 Å². The molecule has 41 heavy (non-hydrogen) atoms. The molecule has 210 valence electrons. The van der Waals surface area contributed by atoms with Crippen LogP contribution in [-0.4, -0.2) is 61.2 Å². The molecule has 6 rings (SSSR count). The first-order valence-electron chi connectivity index (χ1n) is 13.2. The quantitative estimate of drug-likeness (QED) is 0.317. The summed E-state index contributed by atoms with van der Waals surface area (Å²) in [5, 5.41) is 12.0. The number of aromatic nitrogens is 6. The van der Waals surface area contributed by atoms with Crippen LogP contribution in [0.2, 0.25) is 0 Å². The molecule has 0 aliphatic carbocycles. The molecule has 4 heterocycles. The van der Waals surface area contributed by atoms with Crippen LogP contribution in [0.5, 0.6) is 0 Å². The highest BCUT2D eigenvalue weighted by atomic mass is 32.2. The van der Waals surface area contributed by atoms with Gasteiger partial charge in [-0.3, -0.25) is 14.6 Å². The van der Waals surface area contributed by atoms with E-state index in [9.17, 15) is 18.0 Å². The van der Waals surface area contributed by atoms with Crippen LogP contribution in [0.1, 0.15) is 40.0 Å². The molecule has 13 heteroatoms. The lowest BCUT2D eigenvalue weighted by atomic mass is 10.1. The molecule has 3 aromatic heterocycles. The van der Waals surface area contributed by atoms with E-state index in [4.69, 9.17) is 0 Å². The van der Waals surface area contributed by atoms with E-state index in [-0.39, 0.29) is 22.2 Å². The molecular weight excluding hydrogens is 544 g/mol. The Morgan fingerprint density at radius 3 is 2.46 bits per heavy atom. The van der Waals surface area contributed by atoms with Crippen molar-refractivity contribution in [3.05, 3.63) is 87.5 Å². The summed E-state index contributed by atoms with van der Waals surface area (Å²) in [7, 11) is -3.59. The number of hydrogen-bond donors (Lipinski definition) is 2. The average molecular weight is 573 g/mol. The first-order chi connectivity index (χ1) is 19.6. The van der Waals surface area contributed by atoms with Crippen molar-refractivity contribution < 1.29 is 13.2 Å². The van der Waals surface area contributed by atoms with Crippen LogP contribution in [0.4, 0.5) is 5.82 Å². The van der Waals surface area contributed by atoms with Gasteiger partial charge in [-0.2, -0.15) is 24.2 Å². The predicted molar refractivity (Wildman–Crippen MR) is 153 cm³/mol. The number of aromatic amines is 1. The van der Waals surface area contributed by atoms with Gasteiger partial charge in [-0.05, 0) is 75.1 Å². The lowest BCUT2D eigenvalue weighted by Crippen LogP contribution is -2.27. The molecule has 1 amide bonds. The fraction of sp³-hybridized carbons (Fsp3) is 0.250. The largest absolute Gasteiger partial charge is 0.306 e. The van der Waals surface area contributed by atoms with E-state index in [0.29, 0.717) is 29.8 Å². The Labute approximate surface area is 235 Å².